The third-order valence-electron chi connectivity index (χ3n) is 5.80. The lowest BCUT2D eigenvalue weighted by molar-refractivity contribution is -0.110. The zero-order valence-electron chi connectivity index (χ0n) is 18.9. The van der Waals surface area contributed by atoms with Crippen LogP contribution in [0.1, 0.15) is 37.3 Å². The van der Waals surface area contributed by atoms with Gasteiger partial charge in [-0.05, 0) is 69.1 Å². The maximum atomic E-state index is 11.8. The first-order valence-electron chi connectivity index (χ1n) is 10.8. The number of aliphatic hydroxyl groups is 1. The highest BCUT2D eigenvalue weighted by molar-refractivity contribution is 5.85. The van der Waals surface area contributed by atoms with E-state index in [9.17, 15) is 5.11 Å². The van der Waals surface area contributed by atoms with Gasteiger partial charge < -0.3 is 19.5 Å². The van der Waals surface area contributed by atoms with Gasteiger partial charge >= 0.3 is 0 Å². The fourth-order valence-corrected chi connectivity index (χ4v) is 4.26. The highest BCUT2D eigenvalue weighted by atomic mass is 35.5. The summed E-state index contributed by atoms with van der Waals surface area (Å²) in [4.78, 5) is 2.15. The lowest BCUT2D eigenvalue weighted by atomic mass is 9.70. The van der Waals surface area contributed by atoms with Gasteiger partial charge in [-0.25, -0.2) is 0 Å². The number of hydrogen-bond donors (Lipinski definition) is 1. The van der Waals surface area contributed by atoms with Gasteiger partial charge in [0, 0.05) is 12.5 Å². The van der Waals surface area contributed by atoms with E-state index in [1.165, 1.54) is 5.56 Å². The average Bonchev–Trinajstić information content (AvgIpc) is 2.73. The average molecular weight is 446 g/mol. The number of benzene rings is 2. The molecule has 3 unspecified atom stereocenters. The summed E-state index contributed by atoms with van der Waals surface area (Å²) >= 11 is 0. The van der Waals surface area contributed by atoms with Crippen LogP contribution in [0.2, 0.25) is 0 Å². The monoisotopic (exact) mass is 445 g/mol. The lowest BCUT2D eigenvalue weighted by Gasteiger charge is -2.44. The van der Waals surface area contributed by atoms with Crippen molar-refractivity contribution in [2.75, 3.05) is 27.2 Å². The van der Waals surface area contributed by atoms with Crippen LogP contribution in [0.15, 0.2) is 66.7 Å². The number of rotatable bonds is 9. The van der Waals surface area contributed by atoms with Gasteiger partial charge in [0.25, 0.3) is 0 Å². The molecular formula is C26H36ClNO3. The molecular weight excluding hydrogens is 410 g/mol. The highest BCUT2D eigenvalue weighted by Gasteiger charge is 2.44. The van der Waals surface area contributed by atoms with Crippen molar-refractivity contribution in [3.8, 4) is 5.75 Å². The molecule has 1 fully saturated rings. The topological polar surface area (TPSA) is 41.9 Å². The first kappa shape index (κ1) is 25.4. The third-order valence-corrected chi connectivity index (χ3v) is 5.80. The van der Waals surface area contributed by atoms with E-state index in [2.05, 4.69) is 37.7 Å². The standard InChI is InChI=1S/C26H35NO3.ClH/c1-20(2)18-29-24-12-8-11-22(15-24)26(28)14-13-25(16-23(26)17-27(3)4)30-19-21-9-6-5-7-10-21;/h5-12,15,23,25,28H,1,13-14,16-19H2,2-4H3;1H. The van der Waals surface area contributed by atoms with Gasteiger partial charge in [0.05, 0.1) is 18.3 Å². The molecule has 1 aliphatic rings. The lowest BCUT2D eigenvalue weighted by Crippen LogP contribution is -2.46. The van der Waals surface area contributed by atoms with Crippen LogP contribution in [0.5, 0.6) is 5.75 Å². The van der Waals surface area contributed by atoms with E-state index >= 15 is 0 Å². The van der Waals surface area contributed by atoms with Crippen LogP contribution in [0.4, 0.5) is 0 Å². The van der Waals surface area contributed by atoms with Gasteiger partial charge in [0.2, 0.25) is 0 Å². The quantitative estimate of drug-likeness (QED) is 0.539. The molecule has 0 aliphatic heterocycles. The minimum atomic E-state index is -0.889. The first-order valence-corrected chi connectivity index (χ1v) is 10.8. The van der Waals surface area contributed by atoms with E-state index in [0.717, 1.165) is 36.3 Å². The van der Waals surface area contributed by atoms with Crippen molar-refractivity contribution in [3.05, 3.63) is 77.9 Å². The SMILES string of the molecule is C=C(C)COc1cccc(C2(O)CCC(OCc3ccccc3)CC2CN(C)C)c1.Cl. The smallest absolute Gasteiger partial charge is 0.120 e. The fourth-order valence-electron chi connectivity index (χ4n) is 4.26. The molecule has 2 aromatic carbocycles. The fraction of sp³-hybridized carbons (Fsp3) is 0.462. The molecule has 0 saturated heterocycles. The molecule has 0 spiro atoms. The minimum Gasteiger partial charge on any atom is -0.489 e. The van der Waals surface area contributed by atoms with Crippen molar-refractivity contribution in [1.29, 1.82) is 0 Å². The summed E-state index contributed by atoms with van der Waals surface area (Å²) in [6.07, 6.45) is 2.50. The molecule has 31 heavy (non-hydrogen) atoms. The number of nitrogens with zero attached hydrogens (tertiary/aromatic N) is 1. The first-order chi connectivity index (χ1) is 14.4. The second-order valence-corrected chi connectivity index (χ2v) is 8.85. The van der Waals surface area contributed by atoms with E-state index in [1.807, 2.05) is 49.4 Å². The molecule has 4 nitrogen and oxygen atoms in total. The van der Waals surface area contributed by atoms with Gasteiger partial charge in [0.1, 0.15) is 12.4 Å². The maximum absolute atomic E-state index is 11.8. The largest absolute Gasteiger partial charge is 0.489 e. The van der Waals surface area contributed by atoms with Crippen LogP contribution in [0.3, 0.4) is 0 Å². The zero-order chi connectivity index (χ0) is 21.6. The van der Waals surface area contributed by atoms with E-state index in [4.69, 9.17) is 9.47 Å². The molecule has 0 heterocycles. The van der Waals surface area contributed by atoms with Crippen LogP contribution in [-0.4, -0.2) is 43.4 Å². The second-order valence-electron chi connectivity index (χ2n) is 8.85. The Morgan fingerprint density at radius 2 is 1.90 bits per heavy atom. The molecule has 0 aromatic heterocycles. The Labute approximate surface area is 193 Å². The maximum Gasteiger partial charge on any atom is 0.120 e. The highest BCUT2D eigenvalue weighted by Crippen LogP contribution is 2.43. The van der Waals surface area contributed by atoms with Crippen molar-refractivity contribution in [3.63, 3.8) is 0 Å². The zero-order valence-corrected chi connectivity index (χ0v) is 19.7. The number of ether oxygens (including phenoxy) is 2. The Hall–Kier alpha value is -1.85. The van der Waals surface area contributed by atoms with E-state index in [1.54, 1.807) is 0 Å². The summed E-state index contributed by atoms with van der Waals surface area (Å²) in [5.74, 6) is 0.855. The molecule has 0 amide bonds. The van der Waals surface area contributed by atoms with Crippen LogP contribution in [0.25, 0.3) is 0 Å². The predicted molar refractivity (Wildman–Crippen MR) is 129 cm³/mol. The molecule has 2 aromatic rings. The van der Waals surface area contributed by atoms with Crippen molar-refractivity contribution in [1.82, 2.24) is 4.90 Å². The Bertz CT molecular complexity index is 826. The molecule has 1 N–H and O–H groups in total. The molecule has 3 atom stereocenters. The van der Waals surface area contributed by atoms with Gasteiger partial charge in [-0.15, -0.1) is 12.4 Å². The Morgan fingerprint density at radius 1 is 1.16 bits per heavy atom. The van der Waals surface area contributed by atoms with Gasteiger partial charge in [-0.2, -0.15) is 0 Å². The summed E-state index contributed by atoms with van der Waals surface area (Å²) < 4.78 is 12.1. The van der Waals surface area contributed by atoms with Gasteiger partial charge in [-0.1, -0.05) is 49.0 Å². The Kier molecular flexibility index (Phi) is 9.57. The molecule has 0 bridgehead atoms. The van der Waals surface area contributed by atoms with Crippen molar-refractivity contribution >= 4 is 12.4 Å². The predicted octanol–water partition coefficient (Wildman–Crippen LogP) is 5.20. The van der Waals surface area contributed by atoms with E-state index < -0.39 is 5.60 Å². The van der Waals surface area contributed by atoms with Crippen LogP contribution in [-0.2, 0) is 16.9 Å². The summed E-state index contributed by atoms with van der Waals surface area (Å²) in [6, 6.07) is 18.2. The van der Waals surface area contributed by atoms with Crippen molar-refractivity contribution < 1.29 is 14.6 Å². The van der Waals surface area contributed by atoms with Crippen LogP contribution in [0, 0.1) is 5.92 Å². The Morgan fingerprint density at radius 3 is 2.58 bits per heavy atom. The van der Waals surface area contributed by atoms with Gasteiger partial charge in [0.15, 0.2) is 0 Å². The van der Waals surface area contributed by atoms with Gasteiger partial charge in [-0.3, -0.25) is 0 Å². The molecule has 3 rings (SSSR count). The van der Waals surface area contributed by atoms with Crippen LogP contribution < -0.4 is 4.74 Å². The molecule has 170 valence electrons. The Balaban J connectivity index is 0.00000341. The molecule has 0 radical (unpaired) electrons. The van der Waals surface area contributed by atoms with E-state index in [-0.39, 0.29) is 24.4 Å². The second kappa shape index (κ2) is 11.7. The summed E-state index contributed by atoms with van der Waals surface area (Å²) in [5, 5.41) is 11.8. The van der Waals surface area contributed by atoms with E-state index in [0.29, 0.717) is 19.6 Å². The normalized spacial score (nSPS) is 23.3. The van der Waals surface area contributed by atoms with Crippen LogP contribution >= 0.6 is 12.4 Å². The molecule has 1 aliphatic carbocycles. The number of halogens is 1. The summed E-state index contributed by atoms with van der Waals surface area (Å²) in [6.45, 7) is 7.74. The summed E-state index contributed by atoms with van der Waals surface area (Å²) in [5.41, 5.74) is 2.19. The summed E-state index contributed by atoms with van der Waals surface area (Å²) in [7, 11) is 4.11. The molecule has 1 saturated carbocycles. The van der Waals surface area contributed by atoms with Crippen molar-refractivity contribution in [2.24, 2.45) is 5.92 Å². The minimum absolute atomic E-state index is 0. The third kappa shape index (κ3) is 7.08. The molecule has 5 heteroatoms. The number of hydrogen-bond acceptors (Lipinski definition) is 4. The van der Waals surface area contributed by atoms with Crippen molar-refractivity contribution in [2.45, 2.75) is 44.5 Å².